The summed E-state index contributed by atoms with van der Waals surface area (Å²) in [5.74, 6) is 0. The second-order valence-electron chi connectivity index (χ2n) is 4.24. The van der Waals surface area contributed by atoms with E-state index in [0.717, 1.165) is 0 Å². The molecule has 7 heteroatoms. The summed E-state index contributed by atoms with van der Waals surface area (Å²) < 4.78 is 27.6. The first kappa shape index (κ1) is 13.9. The summed E-state index contributed by atoms with van der Waals surface area (Å²) >= 11 is 0. The van der Waals surface area contributed by atoms with E-state index in [-0.39, 0.29) is 12.6 Å². The van der Waals surface area contributed by atoms with Gasteiger partial charge in [0.15, 0.2) is 0 Å². The lowest BCUT2D eigenvalue weighted by molar-refractivity contribution is 0.150. The summed E-state index contributed by atoms with van der Waals surface area (Å²) in [7, 11) is -3.33. The van der Waals surface area contributed by atoms with Crippen molar-refractivity contribution in [2.45, 2.75) is 19.9 Å². The lowest BCUT2D eigenvalue weighted by Gasteiger charge is -2.33. The minimum atomic E-state index is -3.33. The monoisotopic (exact) mass is 251 g/mol. The molecule has 0 spiro atoms. The van der Waals surface area contributed by atoms with Gasteiger partial charge in [0.05, 0.1) is 6.61 Å². The first-order valence-corrected chi connectivity index (χ1v) is 7.00. The Morgan fingerprint density at radius 2 is 1.81 bits per heavy atom. The van der Waals surface area contributed by atoms with Crippen LogP contribution in [0.15, 0.2) is 0 Å². The Morgan fingerprint density at radius 3 is 2.25 bits per heavy atom. The number of hydrogen-bond acceptors (Lipinski definition) is 4. The maximum Gasteiger partial charge on any atom is 0.279 e. The van der Waals surface area contributed by atoms with Crippen molar-refractivity contribution < 1.29 is 13.5 Å². The van der Waals surface area contributed by atoms with E-state index >= 15 is 0 Å². The fraction of sp³-hybridized carbons (Fsp3) is 1.00. The van der Waals surface area contributed by atoms with Crippen molar-refractivity contribution in [2.75, 3.05) is 39.3 Å². The summed E-state index contributed by atoms with van der Waals surface area (Å²) in [6.45, 7) is 6.69. The molecule has 0 saturated carbocycles. The summed E-state index contributed by atoms with van der Waals surface area (Å²) in [4.78, 5) is 2.06. The Hall–Kier alpha value is -0.210. The molecule has 1 saturated heterocycles. The highest BCUT2D eigenvalue weighted by Crippen LogP contribution is 2.06. The topological polar surface area (TPSA) is 72.9 Å². The molecule has 1 aliphatic rings. The largest absolute Gasteiger partial charge is 0.395 e. The number of β-amino-alcohol motifs (C(OH)–C–C–N with tert-alkyl or cyclic N) is 1. The van der Waals surface area contributed by atoms with Crippen LogP contribution in [0.3, 0.4) is 0 Å². The normalized spacial score (nSPS) is 20.5. The molecule has 0 bridgehead atoms. The average Bonchev–Trinajstić information content (AvgIpc) is 2.17. The van der Waals surface area contributed by atoms with Gasteiger partial charge in [-0.3, -0.25) is 4.90 Å². The van der Waals surface area contributed by atoms with Crippen LogP contribution in [0.5, 0.6) is 0 Å². The highest BCUT2D eigenvalue weighted by atomic mass is 32.2. The van der Waals surface area contributed by atoms with Gasteiger partial charge in [0, 0.05) is 38.8 Å². The van der Waals surface area contributed by atoms with Crippen molar-refractivity contribution >= 4 is 10.2 Å². The first-order valence-electron chi connectivity index (χ1n) is 5.56. The molecular weight excluding hydrogens is 230 g/mol. The number of nitrogens with one attached hydrogen (secondary N) is 1. The minimum Gasteiger partial charge on any atom is -0.395 e. The Labute approximate surface area is 97.4 Å². The minimum absolute atomic E-state index is 0.0829. The lowest BCUT2D eigenvalue weighted by atomic mass is 10.4. The van der Waals surface area contributed by atoms with Gasteiger partial charge in [-0.15, -0.1) is 0 Å². The summed E-state index contributed by atoms with van der Waals surface area (Å²) in [6.07, 6.45) is 0. The summed E-state index contributed by atoms with van der Waals surface area (Å²) in [5.41, 5.74) is 0. The molecule has 1 fully saturated rings. The van der Waals surface area contributed by atoms with Crippen LogP contribution in [0.2, 0.25) is 0 Å². The number of aliphatic hydroxyl groups excluding tert-OH is 1. The second-order valence-corrected chi connectivity index (χ2v) is 5.94. The number of rotatable bonds is 5. The predicted molar refractivity (Wildman–Crippen MR) is 62.3 cm³/mol. The molecule has 0 aromatic heterocycles. The van der Waals surface area contributed by atoms with Gasteiger partial charge in [-0.05, 0) is 13.8 Å². The number of aliphatic hydroxyl groups is 1. The Balaban J connectivity index is 2.47. The van der Waals surface area contributed by atoms with E-state index in [4.69, 9.17) is 5.11 Å². The predicted octanol–water partition coefficient (Wildman–Crippen LogP) is -1.16. The van der Waals surface area contributed by atoms with E-state index in [2.05, 4.69) is 9.62 Å². The van der Waals surface area contributed by atoms with Gasteiger partial charge < -0.3 is 5.11 Å². The van der Waals surface area contributed by atoms with Crippen molar-refractivity contribution in [3.05, 3.63) is 0 Å². The van der Waals surface area contributed by atoms with Crippen molar-refractivity contribution in [3.63, 3.8) is 0 Å². The van der Waals surface area contributed by atoms with Crippen LogP contribution in [-0.2, 0) is 10.2 Å². The number of piperazine rings is 1. The van der Waals surface area contributed by atoms with Crippen LogP contribution in [0.25, 0.3) is 0 Å². The standard InChI is InChI=1S/C9H21N3O3S/c1-9(2)10-16(14,15)12-5-3-11(4-6-12)7-8-13/h9-10,13H,3-8H2,1-2H3. The smallest absolute Gasteiger partial charge is 0.279 e. The molecule has 6 nitrogen and oxygen atoms in total. The van der Waals surface area contributed by atoms with Crippen molar-refractivity contribution in [1.29, 1.82) is 0 Å². The molecule has 0 aromatic rings. The molecule has 0 radical (unpaired) electrons. The Bertz CT molecular complexity index is 297. The maximum atomic E-state index is 11.8. The van der Waals surface area contributed by atoms with Gasteiger partial charge in [0.1, 0.15) is 0 Å². The van der Waals surface area contributed by atoms with Crippen molar-refractivity contribution in [3.8, 4) is 0 Å². The van der Waals surface area contributed by atoms with Crippen molar-refractivity contribution in [1.82, 2.24) is 13.9 Å². The van der Waals surface area contributed by atoms with Crippen LogP contribution < -0.4 is 4.72 Å². The van der Waals surface area contributed by atoms with Gasteiger partial charge in [0.25, 0.3) is 10.2 Å². The van der Waals surface area contributed by atoms with Crippen LogP contribution in [0, 0.1) is 0 Å². The molecule has 0 amide bonds. The van der Waals surface area contributed by atoms with E-state index in [1.54, 1.807) is 13.8 Å². The molecule has 0 unspecified atom stereocenters. The zero-order valence-electron chi connectivity index (χ0n) is 9.89. The molecular formula is C9H21N3O3S. The van der Waals surface area contributed by atoms with Gasteiger partial charge in [-0.2, -0.15) is 17.4 Å². The van der Waals surface area contributed by atoms with Crippen molar-refractivity contribution in [2.24, 2.45) is 0 Å². The van der Waals surface area contributed by atoms with Gasteiger partial charge in [-0.25, -0.2) is 0 Å². The molecule has 96 valence electrons. The highest BCUT2D eigenvalue weighted by molar-refractivity contribution is 7.87. The number of nitrogens with zero attached hydrogens (tertiary/aromatic N) is 2. The second kappa shape index (κ2) is 5.92. The number of hydrogen-bond donors (Lipinski definition) is 2. The molecule has 0 atom stereocenters. The quantitative estimate of drug-likeness (QED) is 0.646. The third-order valence-corrected chi connectivity index (χ3v) is 4.29. The van der Waals surface area contributed by atoms with Crippen LogP contribution in [-0.4, -0.2) is 68.1 Å². The van der Waals surface area contributed by atoms with Gasteiger partial charge >= 0.3 is 0 Å². The molecule has 1 heterocycles. The first-order chi connectivity index (χ1) is 7.45. The summed E-state index contributed by atoms with van der Waals surface area (Å²) in [6, 6.07) is -0.0829. The fourth-order valence-electron chi connectivity index (χ4n) is 1.71. The van der Waals surface area contributed by atoms with E-state index in [1.807, 2.05) is 0 Å². The SMILES string of the molecule is CC(C)NS(=O)(=O)N1CCN(CCO)CC1. The van der Waals surface area contributed by atoms with Gasteiger partial charge in [-0.1, -0.05) is 0 Å². The molecule has 16 heavy (non-hydrogen) atoms. The van der Waals surface area contributed by atoms with E-state index in [0.29, 0.717) is 32.7 Å². The lowest BCUT2D eigenvalue weighted by Crippen LogP contribution is -2.53. The fourth-order valence-corrected chi connectivity index (χ4v) is 3.10. The highest BCUT2D eigenvalue weighted by Gasteiger charge is 2.26. The third-order valence-electron chi connectivity index (χ3n) is 2.47. The summed E-state index contributed by atoms with van der Waals surface area (Å²) in [5, 5.41) is 8.78. The van der Waals surface area contributed by atoms with Gasteiger partial charge in [0.2, 0.25) is 0 Å². The van der Waals surface area contributed by atoms with E-state index in [1.165, 1.54) is 4.31 Å². The molecule has 0 aliphatic carbocycles. The average molecular weight is 251 g/mol. The van der Waals surface area contributed by atoms with Crippen LogP contribution in [0.1, 0.15) is 13.8 Å². The van der Waals surface area contributed by atoms with Crippen LogP contribution in [0.4, 0.5) is 0 Å². The molecule has 2 N–H and O–H groups in total. The Morgan fingerprint density at radius 1 is 1.25 bits per heavy atom. The Kier molecular flexibility index (Phi) is 5.13. The van der Waals surface area contributed by atoms with E-state index < -0.39 is 10.2 Å². The van der Waals surface area contributed by atoms with E-state index in [9.17, 15) is 8.42 Å². The zero-order chi connectivity index (χ0) is 12.2. The zero-order valence-corrected chi connectivity index (χ0v) is 10.7. The molecule has 1 rings (SSSR count). The van der Waals surface area contributed by atoms with Crippen LogP contribution >= 0.6 is 0 Å². The third kappa shape index (κ3) is 3.99. The maximum absolute atomic E-state index is 11.8. The molecule has 0 aromatic carbocycles. The molecule has 1 aliphatic heterocycles.